The molecule has 102 valence electrons. The molecule has 0 saturated carbocycles. The van der Waals surface area contributed by atoms with Crippen molar-refractivity contribution >= 4 is 23.3 Å². The Kier molecular flexibility index (Phi) is 4.17. The maximum Gasteiger partial charge on any atom is 0.307 e. The first-order valence-corrected chi connectivity index (χ1v) is 6.15. The Labute approximate surface area is 111 Å². The van der Waals surface area contributed by atoms with Crippen molar-refractivity contribution in [3.05, 3.63) is 18.6 Å². The largest absolute Gasteiger partial charge is 0.466 e. The van der Waals surface area contributed by atoms with Crippen LogP contribution < -0.4 is 10.6 Å². The highest BCUT2D eigenvalue weighted by Gasteiger charge is 2.07. The van der Waals surface area contributed by atoms with Gasteiger partial charge in [0.05, 0.1) is 19.2 Å². The summed E-state index contributed by atoms with van der Waals surface area (Å²) < 4.78 is 6.73. The summed E-state index contributed by atoms with van der Waals surface area (Å²) in [5, 5.41) is 6.08. The van der Waals surface area contributed by atoms with Crippen LogP contribution >= 0.6 is 0 Å². The monoisotopic (exact) mass is 263 g/mol. The quantitative estimate of drug-likeness (QED) is 0.761. The van der Waals surface area contributed by atoms with E-state index in [0.717, 1.165) is 11.5 Å². The second-order valence-electron chi connectivity index (χ2n) is 3.86. The average molecular weight is 263 g/mol. The first kappa shape index (κ1) is 13.1. The number of ether oxygens (including phenoxy) is 1. The highest BCUT2D eigenvalue weighted by molar-refractivity contribution is 5.71. The molecule has 0 fully saturated rings. The zero-order valence-corrected chi connectivity index (χ0v) is 11.0. The molecule has 0 radical (unpaired) electrons. The van der Waals surface area contributed by atoms with Crippen molar-refractivity contribution in [2.45, 2.75) is 13.3 Å². The average Bonchev–Trinajstić information content (AvgIpc) is 2.87. The van der Waals surface area contributed by atoms with Crippen LogP contribution in [-0.4, -0.2) is 40.5 Å². The smallest absolute Gasteiger partial charge is 0.307 e. The highest BCUT2D eigenvalue weighted by atomic mass is 16.5. The van der Waals surface area contributed by atoms with E-state index < -0.39 is 0 Å². The van der Waals surface area contributed by atoms with Gasteiger partial charge in [-0.3, -0.25) is 4.79 Å². The Morgan fingerprint density at radius 1 is 1.53 bits per heavy atom. The first-order valence-electron chi connectivity index (χ1n) is 6.15. The molecule has 2 rings (SSSR count). The number of anilines is 2. The minimum atomic E-state index is -0.223. The number of hydrogen-bond acceptors (Lipinski definition) is 6. The second-order valence-corrected chi connectivity index (χ2v) is 3.86. The summed E-state index contributed by atoms with van der Waals surface area (Å²) in [4.78, 5) is 19.9. The fourth-order valence-electron chi connectivity index (χ4n) is 1.69. The molecule has 0 aromatic carbocycles. The fraction of sp³-hybridized carbons (Fsp3) is 0.417. The van der Waals surface area contributed by atoms with Gasteiger partial charge in [0, 0.05) is 26.0 Å². The van der Waals surface area contributed by atoms with Crippen molar-refractivity contribution in [3.8, 4) is 0 Å². The molecule has 2 heterocycles. The van der Waals surface area contributed by atoms with Crippen LogP contribution in [0.1, 0.15) is 13.3 Å². The molecular formula is C12H17N5O2. The molecule has 0 bridgehead atoms. The zero-order valence-electron chi connectivity index (χ0n) is 11.0. The third-order valence-corrected chi connectivity index (χ3v) is 2.56. The molecule has 0 spiro atoms. The molecule has 0 aliphatic heterocycles. The fourth-order valence-corrected chi connectivity index (χ4v) is 1.69. The number of nitrogens with one attached hydrogen (secondary N) is 2. The van der Waals surface area contributed by atoms with Crippen LogP contribution in [0.3, 0.4) is 0 Å². The number of nitrogens with zero attached hydrogens (tertiary/aromatic N) is 3. The summed E-state index contributed by atoms with van der Waals surface area (Å²) in [7, 11) is 1.80. The van der Waals surface area contributed by atoms with Gasteiger partial charge < -0.3 is 19.8 Å². The van der Waals surface area contributed by atoms with Gasteiger partial charge in [-0.25, -0.2) is 9.97 Å². The Balaban J connectivity index is 2.07. The maximum absolute atomic E-state index is 11.3. The third-order valence-electron chi connectivity index (χ3n) is 2.56. The summed E-state index contributed by atoms with van der Waals surface area (Å²) in [5.41, 5.74) is 0.725. The lowest BCUT2D eigenvalue weighted by molar-refractivity contribution is -0.142. The third kappa shape index (κ3) is 3.12. The van der Waals surface area contributed by atoms with Gasteiger partial charge in [0.2, 0.25) is 0 Å². The molecule has 2 aromatic rings. The lowest BCUT2D eigenvalue weighted by Gasteiger charge is -2.09. The topological polar surface area (TPSA) is 80.5 Å². The number of rotatable bonds is 6. The summed E-state index contributed by atoms with van der Waals surface area (Å²) in [6.45, 7) is 2.65. The molecule has 2 aromatic heterocycles. The lowest BCUT2D eigenvalue weighted by Crippen LogP contribution is -2.13. The Morgan fingerprint density at radius 2 is 2.37 bits per heavy atom. The van der Waals surface area contributed by atoms with Crippen molar-refractivity contribution in [1.29, 1.82) is 0 Å². The van der Waals surface area contributed by atoms with E-state index in [1.165, 1.54) is 0 Å². The summed E-state index contributed by atoms with van der Waals surface area (Å²) in [6.07, 6.45) is 5.69. The highest BCUT2D eigenvalue weighted by Crippen LogP contribution is 2.15. The van der Waals surface area contributed by atoms with E-state index in [4.69, 9.17) is 4.74 Å². The van der Waals surface area contributed by atoms with Crippen molar-refractivity contribution in [2.75, 3.05) is 30.8 Å². The number of aromatic nitrogens is 3. The van der Waals surface area contributed by atoms with Crippen molar-refractivity contribution in [2.24, 2.45) is 0 Å². The molecule has 7 heteroatoms. The van der Waals surface area contributed by atoms with E-state index in [0.29, 0.717) is 25.4 Å². The van der Waals surface area contributed by atoms with Gasteiger partial charge in [0.15, 0.2) is 11.5 Å². The van der Waals surface area contributed by atoms with Crippen molar-refractivity contribution in [1.82, 2.24) is 14.4 Å². The number of carbonyl (C=O) groups excluding carboxylic acids is 1. The number of fused-ring (bicyclic) bond motifs is 1. The SMILES string of the molecule is CCOC(=O)CCNc1nc(NC)cn2ccnc12. The Bertz CT molecular complexity index is 566. The van der Waals surface area contributed by atoms with E-state index in [2.05, 4.69) is 20.6 Å². The van der Waals surface area contributed by atoms with E-state index >= 15 is 0 Å². The van der Waals surface area contributed by atoms with Gasteiger partial charge in [-0.2, -0.15) is 0 Å². The lowest BCUT2D eigenvalue weighted by atomic mass is 10.4. The van der Waals surface area contributed by atoms with E-state index in [9.17, 15) is 4.79 Å². The van der Waals surface area contributed by atoms with E-state index in [1.807, 2.05) is 16.8 Å². The van der Waals surface area contributed by atoms with Crippen LogP contribution in [0.4, 0.5) is 11.6 Å². The van der Waals surface area contributed by atoms with Crippen LogP contribution in [0, 0.1) is 0 Å². The molecular weight excluding hydrogens is 246 g/mol. The predicted octanol–water partition coefficient (Wildman–Crippen LogP) is 1.14. The molecule has 0 amide bonds. The number of hydrogen-bond donors (Lipinski definition) is 2. The number of esters is 1. The second kappa shape index (κ2) is 6.03. The van der Waals surface area contributed by atoms with E-state index in [1.54, 1.807) is 20.2 Å². The normalized spacial score (nSPS) is 10.4. The number of carbonyl (C=O) groups is 1. The van der Waals surface area contributed by atoms with E-state index in [-0.39, 0.29) is 5.97 Å². The molecule has 0 aliphatic carbocycles. The molecule has 0 unspecified atom stereocenters. The van der Waals surface area contributed by atoms with Gasteiger partial charge in [0.1, 0.15) is 5.82 Å². The predicted molar refractivity (Wildman–Crippen MR) is 72.3 cm³/mol. The molecule has 19 heavy (non-hydrogen) atoms. The summed E-state index contributed by atoms with van der Waals surface area (Å²) in [6, 6.07) is 0. The van der Waals surface area contributed by atoms with Crippen LogP contribution in [-0.2, 0) is 9.53 Å². The van der Waals surface area contributed by atoms with Crippen LogP contribution in [0.5, 0.6) is 0 Å². The number of imidazole rings is 1. The van der Waals surface area contributed by atoms with Crippen LogP contribution in [0.2, 0.25) is 0 Å². The summed E-state index contributed by atoms with van der Waals surface area (Å²) in [5.74, 6) is 1.14. The minimum Gasteiger partial charge on any atom is -0.466 e. The zero-order chi connectivity index (χ0) is 13.7. The van der Waals surface area contributed by atoms with Crippen LogP contribution in [0.15, 0.2) is 18.6 Å². The first-order chi connectivity index (χ1) is 9.24. The van der Waals surface area contributed by atoms with Crippen molar-refractivity contribution < 1.29 is 9.53 Å². The Hall–Kier alpha value is -2.31. The molecule has 0 atom stereocenters. The molecule has 2 N–H and O–H groups in total. The minimum absolute atomic E-state index is 0.223. The van der Waals surface area contributed by atoms with Gasteiger partial charge >= 0.3 is 5.97 Å². The van der Waals surface area contributed by atoms with Crippen molar-refractivity contribution in [3.63, 3.8) is 0 Å². The standard InChI is InChI=1S/C12H17N5O2/c1-3-19-10(18)4-5-14-11-12-15-6-7-17(12)8-9(13-2)16-11/h6-8,13H,3-5H2,1-2H3,(H,14,16). The Morgan fingerprint density at radius 3 is 3.11 bits per heavy atom. The molecule has 0 aliphatic rings. The van der Waals surface area contributed by atoms with Gasteiger partial charge in [-0.05, 0) is 6.92 Å². The van der Waals surface area contributed by atoms with Crippen LogP contribution in [0.25, 0.3) is 5.65 Å². The van der Waals surface area contributed by atoms with Gasteiger partial charge in [-0.1, -0.05) is 0 Å². The van der Waals surface area contributed by atoms with Gasteiger partial charge in [0.25, 0.3) is 0 Å². The van der Waals surface area contributed by atoms with Gasteiger partial charge in [-0.15, -0.1) is 0 Å². The molecule has 0 saturated heterocycles. The maximum atomic E-state index is 11.3. The summed E-state index contributed by atoms with van der Waals surface area (Å²) >= 11 is 0. The molecule has 7 nitrogen and oxygen atoms in total.